The molecule has 2 N–H and O–H groups in total. The minimum atomic E-state index is 0.210. The summed E-state index contributed by atoms with van der Waals surface area (Å²) in [7, 11) is 0. The second-order valence-corrected chi connectivity index (χ2v) is 6.56. The predicted molar refractivity (Wildman–Crippen MR) is 82.7 cm³/mol. The third-order valence-electron chi connectivity index (χ3n) is 5.51. The Kier molecular flexibility index (Phi) is 4.42. The van der Waals surface area contributed by atoms with Gasteiger partial charge in [0.25, 0.3) is 0 Å². The standard InChI is InChI=1S/C18H27NO/c19-17(15-9-13-20-14-10-15)18(11-5-2-6-12-18)16-7-3-1-4-8-16/h1,3-4,7-8,15,17H,2,5-6,9-14,19H2. The van der Waals surface area contributed by atoms with E-state index < -0.39 is 0 Å². The maximum absolute atomic E-state index is 6.83. The zero-order chi connectivity index (χ0) is 13.8. The number of nitrogens with two attached hydrogens (primary N) is 1. The molecule has 0 radical (unpaired) electrons. The van der Waals surface area contributed by atoms with Crippen LogP contribution < -0.4 is 5.73 Å². The summed E-state index contributed by atoms with van der Waals surface area (Å²) in [6.07, 6.45) is 8.81. The molecule has 0 amide bonds. The van der Waals surface area contributed by atoms with Crippen molar-refractivity contribution in [3.05, 3.63) is 35.9 Å². The molecule has 1 aliphatic carbocycles. The van der Waals surface area contributed by atoms with E-state index in [0.29, 0.717) is 5.92 Å². The van der Waals surface area contributed by atoms with Crippen molar-refractivity contribution in [1.29, 1.82) is 0 Å². The lowest BCUT2D eigenvalue weighted by Crippen LogP contribution is -2.52. The quantitative estimate of drug-likeness (QED) is 0.912. The SMILES string of the molecule is NC(C1CCOCC1)C1(c2ccccc2)CCCCC1. The second kappa shape index (κ2) is 6.28. The predicted octanol–water partition coefficient (Wildman–Crippen LogP) is 3.64. The van der Waals surface area contributed by atoms with E-state index in [1.807, 2.05) is 0 Å². The van der Waals surface area contributed by atoms with Crippen LogP contribution in [0.15, 0.2) is 30.3 Å². The fraction of sp³-hybridized carbons (Fsp3) is 0.667. The summed E-state index contributed by atoms with van der Waals surface area (Å²) in [5.74, 6) is 0.627. The van der Waals surface area contributed by atoms with Crippen LogP contribution in [0.4, 0.5) is 0 Å². The van der Waals surface area contributed by atoms with Gasteiger partial charge in [0.05, 0.1) is 0 Å². The first-order valence-corrected chi connectivity index (χ1v) is 8.22. The van der Waals surface area contributed by atoms with Gasteiger partial charge < -0.3 is 10.5 Å². The van der Waals surface area contributed by atoms with Crippen molar-refractivity contribution < 1.29 is 4.74 Å². The van der Waals surface area contributed by atoms with Gasteiger partial charge in [0.2, 0.25) is 0 Å². The van der Waals surface area contributed by atoms with E-state index in [9.17, 15) is 0 Å². The summed E-state index contributed by atoms with van der Waals surface area (Å²) in [5.41, 5.74) is 8.52. The molecule has 0 aromatic heterocycles. The largest absolute Gasteiger partial charge is 0.381 e. The average Bonchev–Trinajstić information content (AvgIpc) is 2.56. The monoisotopic (exact) mass is 273 g/mol. The summed E-state index contributed by atoms with van der Waals surface area (Å²) in [6.45, 7) is 1.78. The highest BCUT2D eigenvalue weighted by atomic mass is 16.5. The third kappa shape index (κ3) is 2.64. The Morgan fingerprint density at radius 2 is 1.65 bits per heavy atom. The van der Waals surface area contributed by atoms with Gasteiger partial charge in [0, 0.05) is 24.7 Å². The Morgan fingerprint density at radius 3 is 2.30 bits per heavy atom. The van der Waals surface area contributed by atoms with Crippen molar-refractivity contribution >= 4 is 0 Å². The molecule has 1 aromatic carbocycles. The fourth-order valence-corrected chi connectivity index (χ4v) is 4.29. The van der Waals surface area contributed by atoms with Crippen LogP contribution in [0.25, 0.3) is 0 Å². The van der Waals surface area contributed by atoms with Crippen LogP contribution in [0.5, 0.6) is 0 Å². The smallest absolute Gasteiger partial charge is 0.0469 e. The molecule has 2 heteroatoms. The van der Waals surface area contributed by atoms with Gasteiger partial charge in [0.1, 0.15) is 0 Å². The van der Waals surface area contributed by atoms with Crippen molar-refractivity contribution in [2.45, 2.75) is 56.4 Å². The van der Waals surface area contributed by atoms with E-state index in [1.165, 1.54) is 37.7 Å². The maximum atomic E-state index is 6.83. The van der Waals surface area contributed by atoms with Crippen molar-refractivity contribution in [3.8, 4) is 0 Å². The highest BCUT2D eigenvalue weighted by Gasteiger charge is 2.42. The van der Waals surface area contributed by atoms with Crippen LogP contribution in [-0.2, 0) is 10.2 Å². The molecule has 2 fully saturated rings. The lowest BCUT2D eigenvalue weighted by Gasteiger charge is -2.46. The lowest BCUT2D eigenvalue weighted by molar-refractivity contribution is 0.0415. The van der Waals surface area contributed by atoms with Crippen LogP contribution >= 0.6 is 0 Å². The molecule has 110 valence electrons. The van der Waals surface area contributed by atoms with Gasteiger partial charge in [-0.05, 0) is 37.2 Å². The first-order valence-electron chi connectivity index (χ1n) is 8.22. The van der Waals surface area contributed by atoms with Crippen molar-refractivity contribution in [2.24, 2.45) is 11.7 Å². The normalized spacial score (nSPS) is 25.2. The number of hydrogen-bond donors (Lipinski definition) is 1. The first-order chi connectivity index (χ1) is 9.83. The van der Waals surface area contributed by atoms with Crippen molar-refractivity contribution in [2.75, 3.05) is 13.2 Å². The molecule has 0 spiro atoms. The molecule has 2 nitrogen and oxygen atoms in total. The van der Waals surface area contributed by atoms with Gasteiger partial charge in [-0.15, -0.1) is 0 Å². The molecule has 1 aliphatic heterocycles. The summed E-state index contributed by atoms with van der Waals surface area (Å²) in [5, 5.41) is 0. The second-order valence-electron chi connectivity index (χ2n) is 6.56. The summed E-state index contributed by atoms with van der Waals surface area (Å²) in [4.78, 5) is 0. The van der Waals surface area contributed by atoms with Gasteiger partial charge in [-0.25, -0.2) is 0 Å². The van der Waals surface area contributed by atoms with Crippen LogP contribution in [0.3, 0.4) is 0 Å². The van der Waals surface area contributed by atoms with Gasteiger partial charge in [0.15, 0.2) is 0 Å². The molecule has 3 rings (SSSR count). The van der Waals surface area contributed by atoms with E-state index in [-0.39, 0.29) is 11.5 Å². The fourth-order valence-electron chi connectivity index (χ4n) is 4.29. The van der Waals surface area contributed by atoms with Crippen LogP contribution in [0.2, 0.25) is 0 Å². The molecule has 0 bridgehead atoms. The minimum absolute atomic E-state index is 0.210. The molecule has 1 saturated heterocycles. The molecule has 1 unspecified atom stereocenters. The van der Waals surface area contributed by atoms with E-state index >= 15 is 0 Å². The Labute approximate surface area is 122 Å². The van der Waals surface area contributed by atoms with Crippen LogP contribution in [-0.4, -0.2) is 19.3 Å². The highest BCUT2D eigenvalue weighted by Crippen LogP contribution is 2.44. The number of benzene rings is 1. The molecule has 20 heavy (non-hydrogen) atoms. The zero-order valence-corrected chi connectivity index (χ0v) is 12.4. The van der Waals surface area contributed by atoms with Gasteiger partial charge >= 0.3 is 0 Å². The molecule has 1 saturated carbocycles. The average molecular weight is 273 g/mol. The zero-order valence-electron chi connectivity index (χ0n) is 12.4. The van der Waals surface area contributed by atoms with E-state index in [1.54, 1.807) is 0 Å². The third-order valence-corrected chi connectivity index (χ3v) is 5.51. The molecule has 1 aromatic rings. The number of ether oxygens (including phenoxy) is 1. The summed E-state index contributed by atoms with van der Waals surface area (Å²) < 4.78 is 5.52. The van der Waals surface area contributed by atoms with E-state index in [4.69, 9.17) is 10.5 Å². The highest BCUT2D eigenvalue weighted by molar-refractivity contribution is 5.29. The topological polar surface area (TPSA) is 35.2 Å². The Morgan fingerprint density at radius 1 is 1.00 bits per heavy atom. The molecule has 1 heterocycles. The number of rotatable bonds is 3. The first kappa shape index (κ1) is 14.1. The van der Waals surface area contributed by atoms with Crippen molar-refractivity contribution in [3.63, 3.8) is 0 Å². The lowest BCUT2D eigenvalue weighted by atomic mass is 9.61. The van der Waals surface area contributed by atoms with Crippen molar-refractivity contribution in [1.82, 2.24) is 0 Å². The van der Waals surface area contributed by atoms with Gasteiger partial charge in [-0.2, -0.15) is 0 Å². The molecular formula is C18H27NO. The van der Waals surface area contributed by atoms with Crippen LogP contribution in [0, 0.1) is 5.92 Å². The summed E-state index contributed by atoms with van der Waals surface area (Å²) >= 11 is 0. The van der Waals surface area contributed by atoms with Crippen LogP contribution in [0.1, 0.15) is 50.5 Å². The Hall–Kier alpha value is -0.860. The van der Waals surface area contributed by atoms with Gasteiger partial charge in [-0.3, -0.25) is 0 Å². The molecular weight excluding hydrogens is 246 g/mol. The maximum Gasteiger partial charge on any atom is 0.0469 e. The van der Waals surface area contributed by atoms with Gasteiger partial charge in [-0.1, -0.05) is 49.6 Å². The number of hydrogen-bond acceptors (Lipinski definition) is 2. The Bertz CT molecular complexity index is 405. The minimum Gasteiger partial charge on any atom is -0.381 e. The van der Waals surface area contributed by atoms with E-state index in [2.05, 4.69) is 30.3 Å². The Balaban J connectivity index is 1.88. The molecule has 2 aliphatic rings. The van der Waals surface area contributed by atoms with E-state index in [0.717, 1.165) is 26.1 Å². The molecule has 1 atom stereocenters. The summed E-state index contributed by atoms with van der Waals surface area (Å²) in [6, 6.07) is 11.3.